The third-order valence-electron chi connectivity index (χ3n) is 8.39. The van der Waals surface area contributed by atoms with Crippen LogP contribution >= 0.6 is 22.7 Å². The van der Waals surface area contributed by atoms with Crippen molar-refractivity contribution in [3.8, 4) is 23.7 Å². The molecule has 0 aromatic carbocycles. The van der Waals surface area contributed by atoms with Crippen molar-refractivity contribution in [2.75, 3.05) is 0 Å². The van der Waals surface area contributed by atoms with E-state index in [1.807, 2.05) is 24.6 Å². The molecule has 2 aromatic heterocycles. The van der Waals surface area contributed by atoms with Crippen LogP contribution in [0.5, 0.6) is 0 Å². The number of thiazole rings is 2. The van der Waals surface area contributed by atoms with Gasteiger partial charge in [-0.15, -0.1) is 22.7 Å². The Morgan fingerprint density at radius 1 is 0.676 bits per heavy atom. The number of hydrogen-bond donors (Lipinski definition) is 2. The molecule has 4 N–H and O–H groups in total. The molecule has 0 amide bonds. The molecule has 34 heavy (non-hydrogen) atoms. The molecule has 4 bridgehead atoms. The number of hydrogen-bond acceptors (Lipinski definition) is 6. The SMILES string of the molecule is Cc1nc(C#C[C@@]23CCC[C@@](N)(CC2)C3)cs1.Cc1nc(C#C[C@]23CCC[C@](N)(CC2)C3)cs1. The molecule has 6 heteroatoms. The average molecular weight is 493 g/mol. The van der Waals surface area contributed by atoms with Crippen LogP contribution in [0.25, 0.3) is 0 Å². The van der Waals surface area contributed by atoms with Gasteiger partial charge in [0.1, 0.15) is 11.4 Å². The summed E-state index contributed by atoms with van der Waals surface area (Å²) in [5.41, 5.74) is 15.2. The first-order valence-corrected chi connectivity index (χ1v) is 14.4. The van der Waals surface area contributed by atoms with Gasteiger partial charge in [-0.25, -0.2) is 9.97 Å². The molecular weight excluding hydrogens is 456 g/mol. The molecule has 0 aliphatic heterocycles. The maximum absolute atomic E-state index is 6.38. The predicted molar refractivity (Wildman–Crippen MR) is 142 cm³/mol. The number of rotatable bonds is 0. The van der Waals surface area contributed by atoms with Crippen LogP contribution < -0.4 is 11.5 Å². The lowest BCUT2D eigenvalue weighted by Gasteiger charge is -2.33. The van der Waals surface area contributed by atoms with E-state index in [4.69, 9.17) is 11.5 Å². The Morgan fingerprint density at radius 3 is 1.50 bits per heavy atom. The second kappa shape index (κ2) is 9.07. The highest BCUT2D eigenvalue weighted by Crippen LogP contribution is 2.53. The maximum atomic E-state index is 6.38. The number of fused-ring (bicyclic) bond motifs is 4. The summed E-state index contributed by atoms with van der Waals surface area (Å²) in [4.78, 5) is 8.81. The summed E-state index contributed by atoms with van der Waals surface area (Å²) < 4.78 is 0. The van der Waals surface area contributed by atoms with Crippen molar-refractivity contribution in [2.45, 2.75) is 102 Å². The van der Waals surface area contributed by atoms with Crippen LogP contribution in [0.4, 0.5) is 0 Å². The fourth-order valence-electron chi connectivity index (χ4n) is 6.66. The van der Waals surface area contributed by atoms with Crippen molar-refractivity contribution >= 4 is 22.7 Å². The summed E-state index contributed by atoms with van der Waals surface area (Å²) in [6.07, 6.45) is 14.1. The van der Waals surface area contributed by atoms with E-state index in [1.54, 1.807) is 22.7 Å². The Hall–Kier alpha value is -1.70. The lowest BCUT2D eigenvalue weighted by molar-refractivity contribution is 0.256. The first kappa shape index (κ1) is 24.0. The summed E-state index contributed by atoms with van der Waals surface area (Å²) in [5.74, 6) is 13.5. The molecule has 4 fully saturated rings. The summed E-state index contributed by atoms with van der Waals surface area (Å²) in [6.45, 7) is 4.05. The van der Waals surface area contributed by atoms with Gasteiger partial charge in [-0.3, -0.25) is 0 Å². The first-order chi connectivity index (χ1) is 16.2. The van der Waals surface area contributed by atoms with Crippen molar-refractivity contribution < 1.29 is 0 Å². The van der Waals surface area contributed by atoms with E-state index in [0.717, 1.165) is 47.1 Å². The molecule has 4 atom stereocenters. The van der Waals surface area contributed by atoms with Crippen LogP contribution in [0.15, 0.2) is 10.8 Å². The second-order valence-electron chi connectivity index (χ2n) is 11.3. The molecule has 4 aliphatic carbocycles. The highest BCUT2D eigenvalue weighted by atomic mass is 32.1. The van der Waals surface area contributed by atoms with Gasteiger partial charge < -0.3 is 11.5 Å². The summed E-state index contributed by atoms with van der Waals surface area (Å²) in [5, 5.41) is 6.28. The highest BCUT2D eigenvalue weighted by molar-refractivity contribution is 7.09. The number of nitrogens with two attached hydrogens (primary N) is 2. The largest absolute Gasteiger partial charge is 0.325 e. The van der Waals surface area contributed by atoms with Crippen LogP contribution in [0, 0.1) is 48.4 Å². The molecule has 4 aliphatic rings. The van der Waals surface area contributed by atoms with E-state index in [0.29, 0.717) is 0 Å². The Morgan fingerprint density at radius 2 is 1.12 bits per heavy atom. The van der Waals surface area contributed by atoms with Gasteiger partial charge in [0.05, 0.1) is 10.0 Å². The van der Waals surface area contributed by atoms with Crippen molar-refractivity contribution in [3.05, 3.63) is 32.2 Å². The third kappa shape index (κ3) is 5.26. The molecule has 0 radical (unpaired) electrons. The van der Waals surface area contributed by atoms with Crippen LogP contribution in [-0.2, 0) is 0 Å². The monoisotopic (exact) mass is 492 g/mol. The molecule has 0 saturated heterocycles. The normalized spacial score (nSPS) is 35.4. The Kier molecular flexibility index (Phi) is 6.40. The molecular formula is C28H36N4S2. The van der Waals surface area contributed by atoms with Gasteiger partial charge in [0, 0.05) is 32.7 Å². The molecule has 4 nitrogen and oxygen atoms in total. The minimum absolute atomic E-state index is 0.0882. The fourth-order valence-corrected chi connectivity index (χ4v) is 7.75. The average Bonchev–Trinajstić information content (AvgIpc) is 3.52. The predicted octanol–water partition coefficient (Wildman–Crippen LogP) is 5.71. The summed E-state index contributed by atoms with van der Waals surface area (Å²) in [6, 6.07) is 0. The van der Waals surface area contributed by atoms with Crippen LogP contribution in [0.3, 0.4) is 0 Å². The molecule has 0 unspecified atom stereocenters. The molecule has 2 heterocycles. The fraction of sp³-hybridized carbons (Fsp3) is 0.643. The Balaban J connectivity index is 0.000000142. The lowest BCUT2D eigenvalue weighted by Crippen LogP contribution is -2.40. The van der Waals surface area contributed by atoms with Gasteiger partial charge in [-0.2, -0.15) is 0 Å². The molecule has 6 rings (SSSR count). The summed E-state index contributed by atoms with van der Waals surface area (Å²) in [7, 11) is 0. The van der Waals surface area contributed by atoms with E-state index in [1.165, 1.54) is 51.4 Å². The molecule has 0 spiro atoms. The zero-order chi connectivity index (χ0) is 23.9. The second-order valence-corrected chi connectivity index (χ2v) is 13.5. The van der Waals surface area contributed by atoms with Crippen LogP contribution in [0.1, 0.15) is 98.5 Å². The van der Waals surface area contributed by atoms with E-state index < -0.39 is 0 Å². The topological polar surface area (TPSA) is 77.8 Å². The van der Waals surface area contributed by atoms with Gasteiger partial charge in [0.2, 0.25) is 0 Å². The van der Waals surface area contributed by atoms with Crippen LogP contribution in [0.2, 0.25) is 0 Å². The Bertz CT molecular complexity index is 1080. The van der Waals surface area contributed by atoms with Gasteiger partial charge in [0.25, 0.3) is 0 Å². The minimum atomic E-state index is 0.0882. The van der Waals surface area contributed by atoms with E-state index in [-0.39, 0.29) is 21.9 Å². The van der Waals surface area contributed by atoms with Crippen molar-refractivity contribution in [1.29, 1.82) is 0 Å². The Labute approximate surface area is 212 Å². The van der Waals surface area contributed by atoms with Crippen LogP contribution in [-0.4, -0.2) is 21.0 Å². The maximum Gasteiger partial charge on any atom is 0.124 e. The summed E-state index contributed by atoms with van der Waals surface area (Å²) >= 11 is 3.34. The van der Waals surface area contributed by atoms with Gasteiger partial charge in [-0.1, -0.05) is 24.7 Å². The van der Waals surface area contributed by atoms with E-state index >= 15 is 0 Å². The lowest BCUT2D eigenvalue weighted by atomic mass is 9.74. The van der Waals surface area contributed by atoms with E-state index in [2.05, 4.69) is 33.6 Å². The van der Waals surface area contributed by atoms with E-state index in [9.17, 15) is 0 Å². The van der Waals surface area contributed by atoms with Crippen molar-refractivity contribution in [1.82, 2.24) is 9.97 Å². The molecule has 4 saturated carbocycles. The zero-order valence-electron chi connectivity index (χ0n) is 20.5. The number of aryl methyl sites for hydroxylation is 2. The smallest absolute Gasteiger partial charge is 0.124 e. The third-order valence-corrected chi connectivity index (χ3v) is 9.94. The molecule has 180 valence electrons. The first-order valence-electron chi connectivity index (χ1n) is 12.7. The highest BCUT2D eigenvalue weighted by Gasteiger charge is 2.49. The molecule has 2 aromatic rings. The van der Waals surface area contributed by atoms with Gasteiger partial charge in [0.15, 0.2) is 0 Å². The zero-order valence-corrected chi connectivity index (χ0v) is 22.1. The number of aromatic nitrogens is 2. The van der Waals surface area contributed by atoms with Crippen molar-refractivity contribution in [3.63, 3.8) is 0 Å². The van der Waals surface area contributed by atoms with Gasteiger partial charge >= 0.3 is 0 Å². The minimum Gasteiger partial charge on any atom is -0.325 e. The van der Waals surface area contributed by atoms with Gasteiger partial charge in [-0.05, 0) is 89.9 Å². The standard InChI is InChI=1S/2C14H18N2S/c2*1-11-16-12(9-17-11)3-6-13-4-2-5-14(15,10-13)8-7-13/h2*9H,2,4-5,7-8,10,15H2,1H3/t2*13-,14+/m10/s1. The van der Waals surface area contributed by atoms with Crippen molar-refractivity contribution in [2.24, 2.45) is 22.3 Å². The number of nitrogens with zero attached hydrogens (tertiary/aromatic N) is 2. The quantitative estimate of drug-likeness (QED) is 0.462.